The van der Waals surface area contributed by atoms with Crippen LogP contribution in [-0.2, 0) is 22.7 Å². The van der Waals surface area contributed by atoms with Crippen LogP contribution < -0.4 is 4.90 Å². The van der Waals surface area contributed by atoms with Gasteiger partial charge in [-0.3, -0.25) is 0 Å². The molecule has 0 saturated heterocycles. The van der Waals surface area contributed by atoms with Crippen LogP contribution in [0.15, 0.2) is 48.6 Å². The summed E-state index contributed by atoms with van der Waals surface area (Å²) in [5, 5.41) is 0. The Balaban J connectivity index is 1.47. The van der Waals surface area contributed by atoms with E-state index >= 15 is 0 Å². The number of aryl methyl sites for hydroxylation is 1. The number of benzene rings is 2. The molecule has 35 heavy (non-hydrogen) atoms. The fourth-order valence-corrected chi connectivity index (χ4v) is 6.48. The average Bonchev–Trinajstić information content (AvgIpc) is 3.00. The summed E-state index contributed by atoms with van der Waals surface area (Å²) in [7, 11) is 2.20. The van der Waals surface area contributed by atoms with E-state index in [2.05, 4.69) is 120 Å². The first-order valence-corrected chi connectivity index (χ1v) is 13.5. The van der Waals surface area contributed by atoms with Crippen molar-refractivity contribution in [2.45, 2.75) is 84.0 Å². The highest BCUT2D eigenvalue weighted by molar-refractivity contribution is 6.03. The Labute approximate surface area is 213 Å². The highest BCUT2D eigenvalue weighted by Crippen LogP contribution is 2.49. The molecule has 3 heterocycles. The van der Waals surface area contributed by atoms with Crippen molar-refractivity contribution in [1.82, 2.24) is 0 Å². The number of hydrogen-bond acceptors (Lipinski definition) is 1. The molecule has 0 saturated carbocycles. The first-order valence-electron chi connectivity index (χ1n) is 13.5. The van der Waals surface area contributed by atoms with Crippen molar-refractivity contribution in [3.05, 3.63) is 76.4 Å². The third-order valence-corrected chi connectivity index (χ3v) is 9.08. The fourth-order valence-electron chi connectivity index (χ4n) is 6.48. The summed E-state index contributed by atoms with van der Waals surface area (Å²) in [5.41, 5.74) is 11.9. The Morgan fingerprint density at radius 2 is 1.43 bits per heavy atom. The standard InChI is InChI=1S/C33H43N2/c1-9-23-14-15-28-25(20-23)33(6,7)29(34(28)8)13-11-10-12-24-21-26-30-27(22-24)32(4,5)17-19-35(30)18-16-31(26,2)3/h10-15,20-22H,9,16-19H2,1-8H3/q+1. The summed E-state index contributed by atoms with van der Waals surface area (Å²) in [6, 6.07) is 11.9. The molecular weight excluding hydrogens is 424 g/mol. The Hall–Kier alpha value is -2.61. The molecule has 0 aliphatic carbocycles. The van der Waals surface area contributed by atoms with Crippen molar-refractivity contribution in [3.63, 3.8) is 0 Å². The van der Waals surface area contributed by atoms with Crippen LogP contribution in [0.2, 0.25) is 0 Å². The van der Waals surface area contributed by atoms with Crippen LogP contribution in [0, 0.1) is 0 Å². The van der Waals surface area contributed by atoms with Gasteiger partial charge in [0.1, 0.15) is 7.05 Å². The zero-order chi connectivity index (χ0) is 25.2. The molecule has 0 N–H and O–H groups in total. The van der Waals surface area contributed by atoms with E-state index in [4.69, 9.17) is 0 Å². The van der Waals surface area contributed by atoms with Gasteiger partial charge in [-0.1, -0.05) is 58.9 Å². The number of allylic oxidation sites excluding steroid dienone is 3. The van der Waals surface area contributed by atoms with Gasteiger partial charge in [-0.05, 0) is 84.4 Å². The lowest BCUT2D eigenvalue weighted by Gasteiger charge is -2.48. The average molecular weight is 468 g/mol. The maximum Gasteiger partial charge on any atom is 0.209 e. The molecule has 0 spiro atoms. The molecule has 3 aliphatic heterocycles. The van der Waals surface area contributed by atoms with E-state index < -0.39 is 0 Å². The van der Waals surface area contributed by atoms with Crippen LogP contribution in [0.1, 0.15) is 89.1 Å². The van der Waals surface area contributed by atoms with Crippen LogP contribution >= 0.6 is 0 Å². The lowest BCUT2D eigenvalue weighted by atomic mass is 9.69. The molecule has 0 atom stereocenters. The summed E-state index contributed by atoms with van der Waals surface area (Å²) in [4.78, 5) is 2.64. The lowest BCUT2D eigenvalue weighted by Crippen LogP contribution is -2.44. The second-order valence-corrected chi connectivity index (χ2v) is 12.7. The van der Waals surface area contributed by atoms with Crippen LogP contribution in [0.4, 0.5) is 11.4 Å². The Kier molecular flexibility index (Phi) is 5.66. The maximum atomic E-state index is 2.64. The molecular formula is C33H43N2+. The Morgan fingerprint density at radius 1 is 0.829 bits per heavy atom. The van der Waals surface area contributed by atoms with E-state index in [1.165, 1.54) is 70.8 Å². The highest BCUT2D eigenvalue weighted by Gasteiger charge is 2.43. The Morgan fingerprint density at radius 3 is 2.03 bits per heavy atom. The normalized spacial score (nSPS) is 21.7. The molecule has 2 aromatic rings. The molecule has 2 aromatic carbocycles. The van der Waals surface area contributed by atoms with Gasteiger partial charge in [0, 0.05) is 36.5 Å². The van der Waals surface area contributed by atoms with Crippen molar-refractivity contribution in [1.29, 1.82) is 0 Å². The van der Waals surface area contributed by atoms with Gasteiger partial charge in [-0.25, -0.2) is 0 Å². The number of hydrogen-bond donors (Lipinski definition) is 0. The molecule has 0 amide bonds. The van der Waals surface area contributed by atoms with Crippen molar-refractivity contribution in [2.24, 2.45) is 0 Å². The largest absolute Gasteiger partial charge is 0.371 e. The summed E-state index contributed by atoms with van der Waals surface area (Å²) in [6.45, 7) is 19.0. The van der Waals surface area contributed by atoms with Gasteiger partial charge in [-0.15, -0.1) is 0 Å². The molecule has 0 unspecified atom stereocenters. The SMILES string of the molecule is CCc1ccc2c(c1)C(C)(C)C(/C=C/C=C/c1cc3c4c(c1)C(C)(C)CCN4CCC3(C)C)=[N+]2C. The second-order valence-electron chi connectivity index (χ2n) is 12.7. The minimum atomic E-state index is 0.00705. The van der Waals surface area contributed by atoms with Crippen LogP contribution in [0.5, 0.6) is 0 Å². The quantitative estimate of drug-likeness (QED) is 0.330. The van der Waals surface area contributed by atoms with Crippen molar-refractivity contribution in [2.75, 3.05) is 25.0 Å². The van der Waals surface area contributed by atoms with E-state index in [0.717, 1.165) is 6.42 Å². The van der Waals surface area contributed by atoms with Crippen LogP contribution in [0.3, 0.4) is 0 Å². The summed E-state index contributed by atoms with van der Waals surface area (Å²) in [6.07, 6.45) is 12.6. The third kappa shape index (κ3) is 3.90. The predicted molar refractivity (Wildman–Crippen MR) is 152 cm³/mol. The van der Waals surface area contributed by atoms with Gasteiger partial charge in [0.05, 0.1) is 5.41 Å². The van der Waals surface area contributed by atoms with Gasteiger partial charge >= 0.3 is 0 Å². The molecule has 2 nitrogen and oxygen atoms in total. The van der Waals surface area contributed by atoms with Crippen LogP contribution in [0.25, 0.3) is 6.08 Å². The van der Waals surface area contributed by atoms with Crippen molar-refractivity contribution < 1.29 is 4.58 Å². The monoisotopic (exact) mass is 467 g/mol. The van der Waals surface area contributed by atoms with Gasteiger partial charge in [0.25, 0.3) is 0 Å². The topological polar surface area (TPSA) is 6.25 Å². The Bertz CT molecular complexity index is 1220. The molecule has 0 radical (unpaired) electrons. The predicted octanol–water partition coefficient (Wildman–Crippen LogP) is 7.69. The zero-order valence-electron chi connectivity index (χ0n) is 23.1. The minimum absolute atomic E-state index is 0.00705. The molecule has 184 valence electrons. The minimum Gasteiger partial charge on any atom is -0.371 e. The number of rotatable bonds is 4. The summed E-state index contributed by atoms with van der Waals surface area (Å²) >= 11 is 0. The third-order valence-electron chi connectivity index (χ3n) is 9.08. The molecule has 2 heteroatoms. The van der Waals surface area contributed by atoms with E-state index in [9.17, 15) is 0 Å². The lowest BCUT2D eigenvalue weighted by molar-refractivity contribution is -0.401. The summed E-state index contributed by atoms with van der Waals surface area (Å²) < 4.78 is 2.36. The number of fused-ring (bicyclic) bond motifs is 1. The molecule has 3 aliphatic rings. The first kappa shape index (κ1) is 24.1. The molecule has 0 fully saturated rings. The van der Waals surface area contributed by atoms with Crippen molar-refractivity contribution >= 4 is 23.2 Å². The number of nitrogens with zero attached hydrogens (tertiary/aromatic N) is 2. The smallest absolute Gasteiger partial charge is 0.209 e. The van der Waals surface area contributed by atoms with Gasteiger partial charge in [0.2, 0.25) is 5.69 Å². The molecule has 5 rings (SSSR count). The highest BCUT2D eigenvalue weighted by atomic mass is 15.2. The van der Waals surface area contributed by atoms with Gasteiger partial charge < -0.3 is 4.90 Å². The fraction of sp³-hybridized carbons (Fsp3) is 0.485. The van der Waals surface area contributed by atoms with E-state index in [0.29, 0.717) is 0 Å². The number of anilines is 1. The molecule has 0 aromatic heterocycles. The summed E-state index contributed by atoms with van der Waals surface area (Å²) in [5.74, 6) is 0. The van der Waals surface area contributed by atoms with E-state index in [1.54, 1.807) is 0 Å². The van der Waals surface area contributed by atoms with Gasteiger partial charge in [0.15, 0.2) is 5.71 Å². The molecule has 0 bridgehead atoms. The van der Waals surface area contributed by atoms with Crippen LogP contribution in [-0.4, -0.2) is 30.4 Å². The van der Waals surface area contributed by atoms with E-state index in [1.807, 2.05) is 0 Å². The zero-order valence-corrected chi connectivity index (χ0v) is 23.1. The maximum absolute atomic E-state index is 2.64. The first-order chi connectivity index (χ1) is 16.5. The van der Waals surface area contributed by atoms with Gasteiger partial charge in [-0.2, -0.15) is 4.58 Å². The second kappa shape index (κ2) is 8.22. The van der Waals surface area contributed by atoms with Crippen molar-refractivity contribution in [3.8, 4) is 0 Å². The van der Waals surface area contributed by atoms with E-state index in [-0.39, 0.29) is 16.2 Å².